The van der Waals surface area contributed by atoms with E-state index in [1.807, 2.05) is 0 Å². The lowest BCUT2D eigenvalue weighted by molar-refractivity contribution is 1.23. The molecule has 0 spiro atoms. The number of nitrogens with one attached hydrogen (secondary N) is 1. The maximum absolute atomic E-state index is 8.81. The molecule has 0 aliphatic rings. The number of thiazole rings is 1. The van der Waals surface area contributed by atoms with Crippen molar-refractivity contribution in [3.05, 3.63) is 39.4 Å². The van der Waals surface area contributed by atoms with Crippen LogP contribution in [0, 0.1) is 39.0 Å². The molecule has 0 amide bonds. The van der Waals surface area contributed by atoms with Gasteiger partial charge in [-0.1, -0.05) is 17.4 Å². The van der Waals surface area contributed by atoms with Crippen molar-refractivity contribution in [1.29, 1.82) is 5.26 Å². The van der Waals surface area contributed by atoms with E-state index in [2.05, 4.69) is 50.1 Å². The molecular weight excluding hydrogens is 242 g/mol. The van der Waals surface area contributed by atoms with Crippen LogP contribution in [0.5, 0.6) is 0 Å². The van der Waals surface area contributed by atoms with Gasteiger partial charge in [-0.3, -0.25) is 0 Å². The molecule has 18 heavy (non-hydrogen) atoms. The van der Waals surface area contributed by atoms with Crippen LogP contribution >= 0.6 is 11.3 Å². The van der Waals surface area contributed by atoms with E-state index in [-0.39, 0.29) is 0 Å². The van der Waals surface area contributed by atoms with E-state index in [9.17, 15) is 0 Å². The van der Waals surface area contributed by atoms with Gasteiger partial charge in [-0.2, -0.15) is 5.26 Å². The van der Waals surface area contributed by atoms with Crippen LogP contribution in [0.15, 0.2) is 12.3 Å². The summed E-state index contributed by atoms with van der Waals surface area (Å²) in [6.07, 6.45) is 1.60. The van der Waals surface area contributed by atoms with Crippen molar-refractivity contribution in [2.24, 2.45) is 0 Å². The van der Waals surface area contributed by atoms with Gasteiger partial charge < -0.3 is 5.32 Å². The third-order valence-electron chi connectivity index (χ3n) is 3.21. The minimum absolute atomic E-state index is 0.622. The Morgan fingerprint density at radius 2 is 1.78 bits per heavy atom. The number of nitriles is 1. The SMILES string of the molecule is Cc1cc(C)c(C)c(Nc2ncc(C#N)s2)c1C. The number of nitrogens with zero attached hydrogens (tertiary/aromatic N) is 2. The molecular formula is C14H15N3S. The second-order valence-corrected chi connectivity index (χ2v) is 5.43. The largest absolute Gasteiger partial charge is 0.331 e. The van der Waals surface area contributed by atoms with Crippen LogP contribution in [0.25, 0.3) is 0 Å². The highest BCUT2D eigenvalue weighted by molar-refractivity contribution is 7.16. The van der Waals surface area contributed by atoms with Gasteiger partial charge in [-0.25, -0.2) is 4.98 Å². The van der Waals surface area contributed by atoms with Gasteiger partial charge in [0.05, 0.1) is 6.20 Å². The van der Waals surface area contributed by atoms with Crippen LogP contribution in [0.3, 0.4) is 0 Å². The molecule has 0 saturated heterocycles. The lowest BCUT2D eigenvalue weighted by Crippen LogP contribution is -1.99. The van der Waals surface area contributed by atoms with Gasteiger partial charge in [0.25, 0.3) is 0 Å². The monoisotopic (exact) mass is 257 g/mol. The first-order chi connectivity index (χ1) is 8.52. The van der Waals surface area contributed by atoms with E-state index in [4.69, 9.17) is 5.26 Å². The summed E-state index contributed by atoms with van der Waals surface area (Å²) >= 11 is 1.37. The summed E-state index contributed by atoms with van der Waals surface area (Å²) in [5.41, 5.74) is 6.08. The molecule has 0 atom stereocenters. The standard InChI is InChI=1S/C14H15N3S/c1-8-5-9(2)11(4)13(10(8)3)17-14-16-7-12(6-15)18-14/h5,7H,1-4H3,(H,16,17). The fraction of sp³-hybridized carbons (Fsp3) is 0.286. The van der Waals surface area contributed by atoms with Crippen LogP contribution in [0.4, 0.5) is 10.8 Å². The topological polar surface area (TPSA) is 48.7 Å². The molecule has 0 fully saturated rings. The number of benzene rings is 1. The molecule has 1 aromatic carbocycles. The quantitative estimate of drug-likeness (QED) is 0.884. The van der Waals surface area contributed by atoms with Crippen molar-refractivity contribution in [1.82, 2.24) is 4.98 Å². The molecule has 92 valence electrons. The molecule has 0 unspecified atom stereocenters. The molecule has 0 saturated carbocycles. The fourth-order valence-electron chi connectivity index (χ4n) is 1.89. The Balaban J connectivity index is 2.43. The van der Waals surface area contributed by atoms with Gasteiger partial charge in [-0.05, 0) is 49.9 Å². The van der Waals surface area contributed by atoms with E-state index >= 15 is 0 Å². The zero-order valence-electron chi connectivity index (χ0n) is 11.0. The Morgan fingerprint density at radius 1 is 1.17 bits per heavy atom. The second kappa shape index (κ2) is 4.79. The smallest absolute Gasteiger partial charge is 0.188 e. The van der Waals surface area contributed by atoms with Crippen LogP contribution in [-0.4, -0.2) is 4.98 Å². The number of hydrogen-bond acceptors (Lipinski definition) is 4. The minimum atomic E-state index is 0.622. The maximum atomic E-state index is 8.81. The molecule has 2 aromatic rings. The average Bonchev–Trinajstić information content (AvgIpc) is 2.80. The van der Waals surface area contributed by atoms with Gasteiger partial charge in [0.2, 0.25) is 0 Å². The summed E-state index contributed by atoms with van der Waals surface area (Å²) < 4.78 is 0. The first-order valence-electron chi connectivity index (χ1n) is 5.73. The normalized spacial score (nSPS) is 10.2. The number of rotatable bonds is 2. The molecule has 4 heteroatoms. The van der Waals surface area contributed by atoms with Crippen molar-refractivity contribution in [2.45, 2.75) is 27.7 Å². The van der Waals surface area contributed by atoms with E-state index in [1.54, 1.807) is 6.20 Å². The highest BCUT2D eigenvalue weighted by Crippen LogP contribution is 2.30. The Hall–Kier alpha value is -1.86. The highest BCUT2D eigenvalue weighted by Gasteiger charge is 2.10. The van der Waals surface area contributed by atoms with Gasteiger partial charge in [-0.15, -0.1) is 0 Å². The number of aryl methyl sites for hydroxylation is 2. The summed E-state index contributed by atoms with van der Waals surface area (Å²) in [5, 5.41) is 12.9. The zero-order chi connectivity index (χ0) is 13.3. The molecule has 1 heterocycles. The Morgan fingerprint density at radius 3 is 2.28 bits per heavy atom. The predicted octanol–water partition coefficient (Wildman–Crippen LogP) is 3.99. The van der Waals surface area contributed by atoms with Crippen LogP contribution in [0.2, 0.25) is 0 Å². The van der Waals surface area contributed by atoms with Crippen molar-refractivity contribution >= 4 is 22.2 Å². The Kier molecular flexibility index (Phi) is 3.35. The number of anilines is 2. The first-order valence-corrected chi connectivity index (χ1v) is 6.55. The third kappa shape index (κ3) is 2.22. The molecule has 2 rings (SSSR count). The van der Waals surface area contributed by atoms with Crippen molar-refractivity contribution in [3.8, 4) is 6.07 Å². The average molecular weight is 257 g/mol. The van der Waals surface area contributed by atoms with Crippen LogP contribution in [0.1, 0.15) is 27.1 Å². The van der Waals surface area contributed by atoms with Gasteiger partial charge in [0, 0.05) is 5.69 Å². The van der Waals surface area contributed by atoms with Crippen LogP contribution < -0.4 is 5.32 Å². The predicted molar refractivity (Wildman–Crippen MR) is 75.5 cm³/mol. The van der Waals surface area contributed by atoms with Crippen molar-refractivity contribution in [2.75, 3.05) is 5.32 Å². The molecule has 1 N–H and O–H groups in total. The molecule has 0 bridgehead atoms. The van der Waals surface area contributed by atoms with Crippen molar-refractivity contribution in [3.63, 3.8) is 0 Å². The summed E-state index contributed by atoms with van der Waals surface area (Å²) in [6.45, 7) is 8.41. The van der Waals surface area contributed by atoms with Gasteiger partial charge in [0.1, 0.15) is 10.9 Å². The summed E-state index contributed by atoms with van der Waals surface area (Å²) in [5.74, 6) is 0. The lowest BCUT2D eigenvalue weighted by Gasteiger charge is -2.15. The second-order valence-electron chi connectivity index (χ2n) is 4.40. The number of hydrogen-bond donors (Lipinski definition) is 1. The molecule has 0 radical (unpaired) electrons. The van der Waals surface area contributed by atoms with E-state index < -0.39 is 0 Å². The van der Waals surface area contributed by atoms with E-state index in [1.165, 1.54) is 33.6 Å². The molecule has 0 aliphatic carbocycles. The molecule has 0 aliphatic heterocycles. The van der Waals surface area contributed by atoms with Crippen LogP contribution in [-0.2, 0) is 0 Å². The third-order valence-corrected chi connectivity index (χ3v) is 4.03. The Labute approximate surface area is 111 Å². The van der Waals surface area contributed by atoms with E-state index in [0.29, 0.717) is 4.88 Å². The fourth-order valence-corrected chi connectivity index (χ4v) is 2.51. The minimum Gasteiger partial charge on any atom is -0.331 e. The lowest BCUT2D eigenvalue weighted by atomic mass is 9.99. The molecule has 1 aromatic heterocycles. The summed E-state index contributed by atoms with van der Waals surface area (Å²) in [6, 6.07) is 4.29. The summed E-state index contributed by atoms with van der Waals surface area (Å²) in [7, 11) is 0. The van der Waals surface area contributed by atoms with Gasteiger partial charge in [0.15, 0.2) is 5.13 Å². The Bertz CT molecular complexity index is 609. The summed E-state index contributed by atoms with van der Waals surface area (Å²) in [4.78, 5) is 4.83. The number of aromatic nitrogens is 1. The van der Waals surface area contributed by atoms with Gasteiger partial charge >= 0.3 is 0 Å². The highest BCUT2D eigenvalue weighted by atomic mass is 32.1. The maximum Gasteiger partial charge on any atom is 0.188 e. The zero-order valence-corrected chi connectivity index (χ0v) is 11.8. The first kappa shape index (κ1) is 12.6. The van der Waals surface area contributed by atoms with Crippen molar-refractivity contribution < 1.29 is 0 Å². The molecule has 3 nitrogen and oxygen atoms in total. The van der Waals surface area contributed by atoms with E-state index in [0.717, 1.165) is 10.8 Å².